The van der Waals surface area contributed by atoms with Gasteiger partial charge in [0.2, 0.25) is 11.8 Å². The Labute approximate surface area is 159 Å². The summed E-state index contributed by atoms with van der Waals surface area (Å²) in [6.45, 7) is 1.77. The van der Waals surface area contributed by atoms with Crippen molar-refractivity contribution in [1.29, 1.82) is 5.26 Å². The number of aromatic nitrogens is 3. The molecular formula is C20H24N6O. The van der Waals surface area contributed by atoms with Crippen molar-refractivity contribution in [2.45, 2.75) is 31.1 Å². The van der Waals surface area contributed by atoms with Crippen LogP contribution in [0.25, 0.3) is 0 Å². The van der Waals surface area contributed by atoms with E-state index in [-0.39, 0.29) is 5.41 Å². The van der Waals surface area contributed by atoms with E-state index in [4.69, 9.17) is 9.72 Å². The molecule has 2 aromatic heterocycles. The van der Waals surface area contributed by atoms with Gasteiger partial charge in [-0.05, 0) is 37.3 Å². The van der Waals surface area contributed by atoms with Crippen LogP contribution in [-0.4, -0.2) is 49.2 Å². The highest BCUT2D eigenvalue weighted by atomic mass is 16.5. The molecule has 4 rings (SSSR count). The van der Waals surface area contributed by atoms with Crippen molar-refractivity contribution in [2.24, 2.45) is 0 Å². The average Bonchev–Trinajstić information content (AvgIpc) is 3.04. The second kappa shape index (κ2) is 6.69. The quantitative estimate of drug-likeness (QED) is 0.827. The molecule has 0 radical (unpaired) electrons. The molecule has 3 heterocycles. The van der Waals surface area contributed by atoms with E-state index in [0.717, 1.165) is 50.4 Å². The maximum Gasteiger partial charge on any atom is 0.233 e. The van der Waals surface area contributed by atoms with Crippen LogP contribution in [0.15, 0.2) is 18.5 Å². The summed E-state index contributed by atoms with van der Waals surface area (Å²) in [6.07, 6.45) is 7.98. The van der Waals surface area contributed by atoms with Crippen LogP contribution >= 0.6 is 0 Å². The highest BCUT2D eigenvalue weighted by molar-refractivity contribution is 5.63. The average molecular weight is 364 g/mol. The van der Waals surface area contributed by atoms with Gasteiger partial charge >= 0.3 is 0 Å². The molecule has 0 aromatic carbocycles. The lowest BCUT2D eigenvalue weighted by atomic mass is 9.77. The molecule has 7 heteroatoms. The molecule has 0 amide bonds. The van der Waals surface area contributed by atoms with Crippen molar-refractivity contribution in [2.75, 3.05) is 44.1 Å². The molecule has 2 aromatic rings. The first-order chi connectivity index (χ1) is 13.1. The lowest BCUT2D eigenvalue weighted by Crippen LogP contribution is -2.46. The smallest absolute Gasteiger partial charge is 0.233 e. The Balaban J connectivity index is 1.72. The molecule has 1 fully saturated rings. The van der Waals surface area contributed by atoms with Gasteiger partial charge in [-0.15, -0.1) is 0 Å². The number of nitrogens with zero attached hydrogens (tertiary/aromatic N) is 6. The van der Waals surface area contributed by atoms with Gasteiger partial charge in [-0.25, -0.2) is 15.0 Å². The molecule has 7 nitrogen and oxygen atoms in total. The van der Waals surface area contributed by atoms with Crippen molar-refractivity contribution < 1.29 is 4.74 Å². The molecule has 1 aliphatic heterocycles. The van der Waals surface area contributed by atoms with E-state index in [0.29, 0.717) is 11.4 Å². The summed E-state index contributed by atoms with van der Waals surface area (Å²) in [5.41, 5.74) is 3.87. The fourth-order valence-corrected chi connectivity index (χ4v) is 4.44. The largest absolute Gasteiger partial charge is 0.480 e. The molecule has 0 saturated carbocycles. The van der Waals surface area contributed by atoms with Gasteiger partial charge in [0.15, 0.2) is 0 Å². The number of nitriles is 1. The van der Waals surface area contributed by atoms with E-state index in [1.807, 2.05) is 31.3 Å². The molecule has 1 saturated heterocycles. The van der Waals surface area contributed by atoms with Gasteiger partial charge in [0.05, 0.1) is 18.5 Å². The van der Waals surface area contributed by atoms with E-state index in [9.17, 15) is 5.26 Å². The number of hydrogen-bond acceptors (Lipinski definition) is 7. The molecule has 140 valence electrons. The number of pyridine rings is 1. The SMILES string of the molecule is COc1nccc(N2CCCC3(CCc4cnc(N(C)C)nc43)C2)c1C#N. The van der Waals surface area contributed by atoms with Crippen LogP contribution in [0.3, 0.4) is 0 Å². The van der Waals surface area contributed by atoms with Crippen LogP contribution in [0.1, 0.15) is 36.1 Å². The number of hydrogen-bond donors (Lipinski definition) is 0. The van der Waals surface area contributed by atoms with Crippen LogP contribution in [0.2, 0.25) is 0 Å². The molecule has 1 unspecified atom stereocenters. The monoisotopic (exact) mass is 364 g/mol. The Hall–Kier alpha value is -2.88. The lowest BCUT2D eigenvalue weighted by Gasteiger charge is -2.42. The number of piperidine rings is 1. The Bertz CT molecular complexity index is 902. The van der Waals surface area contributed by atoms with Crippen molar-refractivity contribution in [3.8, 4) is 11.9 Å². The lowest BCUT2D eigenvalue weighted by molar-refractivity contribution is 0.334. The summed E-state index contributed by atoms with van der Waals surface area (Å²) in [5.74, 6) is 1.15. The van der Waals surface area contributed by atoms with Gasteiger partial charge < -0.3 is 14.5 Å². The third kappa shape index (κ3) is 2.85. The number of rotatable bonds is 3. The molecule has 1 spiro atoms. The topological polar surface area (TPSA) is 78.2 Å². The minimum absolute atomic E-state index is 0.0184. The zero-order valence-corrected chi connectivity index (χ0v) is 16.1. The first-order valence-electron chi connectivity index (χ1n) is 9.30. The first kappa shape index (κ1) is 17.5. The van der Waals surface area contributed by atoms with E-state index in [1.54, 1.807) is 13.3 Å². The predicted molar refractivity (Wildman–Crippen MR) is 103 cm³/mol. The fraction of sp³-hybridized carbons (Fsp3) is 0.500. The van der Waals surface area contributed by atoms with Crippen LogP contribution in [-0.2, 0) is 11.8 Å². The van der Waals surface area contributed by atoms with E-state index < -0.39 is 0 Å². The minimum Gasteiger partial charge on any atom is -0.480 e. The van der Waals surface area contributed by atoms with Gasteiger partial charge in [-0.3, -0.25) is 0 Å². The maximum atomic E-state index is 9.65. The number of aryl methyl sites for hydroxylation is 1. The van der Waals surface area contributed by atoms with Crippen LogP contribution in [0.4, 0.5) is 11.6 Å². The molecule has 1 aliphatic carbocycles. The third-order valence-electron chi connectivity index (χ3n) is 5.74. The van der Waals surface area contributed by atoms with Crippen LogP contribution in [0.5, 0.6) is 5.88 Å². The normalized spacial score (nSPS) is 21.0. The molecular weight excluding hydrogens is 340 g/mol. The van der Waals surface area contributed by atoms with E-state index >= 15 is 0 Å². The van der Waals surface area contributed by atoms with Crippen molar-refractivity contribution >= 4 is 11.6 Å². The number of fused-ring (bicyclic) bond motifs is 2. The Morgan fingerprint density at radius 1 is 1.30 bits per heavy atom. The zero-order valence-electron chi connectivity index (χ0n) is 16.1. The number of anilines is 2. The number of ether oxygens (including phenoxy) is 1. The van der Waals surface area contributed by atoms with Gasteiger partial charge in [0, 0.05) is 45.0 Å². The molecule has 0 bridgehead atoms. The van der Waals surface area contributed by atoms with Crippen LogP contribution in [0, 0.1) is 11.3 Å². The first-order valence-corrected chi connectivity index (χ1v) is 9.30. The highest BCUT2D eigenvalue weighted by Gasteiger charge is 2.44. The van der Waals surface area contributed by atoms with Gasteiger partial charge in [-0.2, -0.15) is 5.26 Å². The third-order valence-corrected chi connectivity index (χ3v) is 5.74. The summed E-state index contributed by atoms with van der Waals surface area (Å²) in [5, 5.41) is 9.65. The second-order valence-electron chi connectivity index (χ2n) is 7.57. The minimum atomic E-state index is 0.0184. The van der Waals surface area contributed by atoms with Crippen molar-refractivity contribution in [3.63, 3.8) is 0 Å². The Kier molecular flexibility index (Phi) is 4.34. The standard InChI is InChI=1S/C20H24N6O/c1-25(2)19-23-12-14-5-8-20(17(14)24-19)7-4-10-26(13-20)16-6-9-22-18(27-3)15(16)11-21/h6,9,12H,4-5,7-8,10,13H2,1-3H3. The van der Waals surface area contributed by atoms with E-state index in [2.05, 4.69) is 20.9 Å². The van der Waals surface area contributed by atoms with Gasteiger partial charge in [0.25, 0.3) is 0 Å². The summed E-state index contributed by atoms with van der Waals surface area (Å²) < 4.78 is 5.30. The van der Waals surface area contributed by atoms with Crippen molar-refractivity contribution in [1.82, 2.24) is 15.0 Å². The second-order valence-corrected chi connectivity index (χ2v) is 7.57. The zero-order chi connectivity index (χ0) is 19.0. The highest BCUT2D eigenvalue weighted by Crippen LogP contribution is 2.45. The summed E-state index contributed by atoms with van der Waals surface area (Å²) in [6, 6.07) is 4.19. The maximum absolute atomic E-state index is 9.65. The molecule has 1 atom stereocenters. The molecule has 0 N–H and O–H groups in total. The summed E-state index contributed by atoms with van der Waals surface area (Å²) in [4.78, 5) is 17.8. The number of methoxy groups -OCH3 is 1. The van der Waals surface area contributed by atoms with Crippen LogP contribution < -0.4 is 14.5 Å². The van der Waals surface area contributed by atoms with Gasteiger partial charge in [-0.1, -0.05) is 0 Å². The van der Waals surface area contributed by atoms with Crippen molar-refractivity contribution in [3.05, 3.63) is 35.3 Å². The van der Waals surface area contributed by atoms with E-state index in [1.165, 1.54) is 11.3 Å². The summed E-state index contributed by atoms with van der Waals surface area (Å²) in [7, 11) is 5.50. The Morgan fingerprint density at radius 2 is 2.15 bits per heavy atom. The molecule has 27 heavy (non-hydrogen) atoms. The van der Waals surface area contributed by atoms with Gasteiger partial charge in [0.1, 0.15) is 11.6 Å². The predicted octanol–water partition coefficient (Wildman–Crippen LogP) is 2.30. The fourth-order valence-electron chi connectivity index (χ4n) is 4.44. The molecule has 2 aliphatic rings. The Morgan fingerprint density at radius 3 is 2.89 bits per heavy atom. The summed E-state index contributed by atoms with van der Waals surface area (Å²) >= 11 is 0.